The maximum Gasteiger partial charge on any atom is 0.240 e. The molecule has 1 heterocycles. The number of hydrogen-bond acceptors (Lipinski definition) is 4. The molecule has 0 atom stereocenters. The Labute approximate surface area is 146 Å². The third kappa shape index (κ3) is 3.87. The van der Waals surface area contributed by atoms with Crippen LogP contribution in [0.4, 0.5) is 0 Å². The summed E-state index contributed by atoms with van der Waals surface area (Å²) in [5, 5.41) is 12.4. The highest BCUT2D eigenvalue weighted by Crippen LogP contribution is 2.16. The van der Waals surface area contributed by atoms with Gasteiger partial charge in [0.15, 0.2) is 0 Å². The highest BCUT2D eigenvalue weighted by Gasteiger charge is 2.13. The lowest BCUT2D eigenvalue weighted by molar-refractivity contribution is -0.121. The number of nitrogens with zero attached hydrogens (tertiary/aromatic N) is 2. The summed E-state index contributed by atoms with van der Waals surface area (Å²) in [5.74, 6) is 0.348. The molecule has 25 heavy (non-hydrogen) atoms. The first kappa shape index (κ1) is 17.1. The smallest absolute Gasteiger partial charge is 0.240 e. The Balaban J connectivity index is 1.71. The molecule has 0 aliphatic rings. The SMILES string of the molecule is COCc1ccccc1CNC(=O)Cn1c(CO)nc2ccccc21. The quantitative estimate of drug-likeness (QED) is 0.690. The Kier molecular flexibility index (Phi) is 5.42. The van der Waals surface area contributed by atoms with Crippen LogP contribution in [-0.2, 0) is 35.8 Å². The number of nitrogens with one attached hydrogen (secondary N) is 1. The van der Waals surface area contributed by atoms with Crippen LogP contribution in [0.25, 0.3) is 11.0 Å². The summed E-state index contributed by atoms with van der Waals surface area (Å²) >= 11 is 0. The molecule has 1 aromatic heterocycles. The summed E-state index contributed by atoms with van der Waals surface area (Å²) in [6, 6.07) is 15.4. The molecule has 0 fully saturated rings. The van der Waals surface area contributed by atoms with E-state index in [0.717, 1.165) is 22.2 Å². The van der Waals surface area contributed by atoms with E-state index in [2.05, 4.69) is 10.3 Å². The lowest BCUT2D eigenvalue weighted by Gasteiger charge is -2.11. The van der Waals surface area contributed by atoms with Crippen molar-refractivity contribution in [3.05, 3.63) is 65.5 Å². The van der Waals surface area contributed by atoms with Gasteiger partial charge in [0.2, 0.25) is 5.91 Å². The monoisotopic (exact) mass is 339 g/mol. The molecular weight excluding hydrogens is 318 g/mol. The van der Waals surface area contributed by atoms with E-state index < -0.39 is 0 Å². The standard InChI is InChI=1S/C19H21N3O3/c1-25-13-15-7-3-2-6-14(15)10-20-19(24)11-22-17-9-5-4-8-16(17)21-18(22)12-23/h2-9,23H,10-13H2,1H3,(H,20,24). The number of aliphatic hydroxyl groups is 1. The Hall–Kier alpha value is -2.70. The number of aliphatic hydroxyl groups excluding tert-OH is 1. The zero-order chi connectivity index (χ0) is 17.6. The summed E-state index contributed by atoms with van der Waals surface area (Å²) in [6.45, 7) is 0.841. The van der Waals surface area contributed by atoms with Crippen LogP contribution in [0.5, 0.6) is 0 Å². The van der Waals surface area contributed by atoms with Gasteiger partial charge in [0, 0.05) is 13.7 Å². The minimum atomic E-state index is -0.210. The van der Waals surface area contributed by atoms with Gasteiger partial charge in [-0.1, -0.05) is 36.4 Å². The minimum Gasteiger partial charge on any atom is -0.388 e. The van der Waals surface area contributed by atoms with Crippen LogP contribution in [0.15, 0.2) is 48.5 Å². The van der Waals surface area contributed by atoms with Crippen molar-refractivity contribution in [2.45, 2.75) is 26.3 Å². The van der Waals surface area contributed by atoms with Gasteiger partial charge in [-0.05, 0) is 23.3 Å². The first-order chi connectivity index (χ1) is 12.2. The van der Waals surface area contributed by atoms with E-state index in [0.29, 0.717) is 19.0 Å². The fourth-order valence-electron chi connectivity index (χ4n) is 2.84. The Morgan fingerprint density at radius 1 is 1.16 bits per heavy atom. The third-order valence-corrected chi connectivity index (χ3v) is 4.07. The van der Waals surface area contributed by atoms with Gasteiger partial charge in [-0.3, -0.25) is 4.79 Å². The fourth-order valence-corrected chi connectivity index (χ4v) is 2.84. The lowest BCUT2D eigenvalue weighted by atomic mass is 10.1. The van der Waals surface area contributed by atoms with Gasteiger partial charge in [0.25, 0.3) is 0 Å². The first-order valence-corrected chi connectivity index (χ1v) is 8.10. The van der Waals surface area contributed by atoms with Gasteiger partial charge < -0.3 is 19.7 Å². The van der Waals surface area contributed by atoms with Crippen molar-refractivity contribution in [2.75, 3.05) is 7.11 Å². The number of ether oxygens (including phenoxy) is 1. The van der Waals surface area contributed by atoms with E-state index in [1.54, 1.807) is 11.7 Å². The molecule has 0 saturated carbocycles. The second kappa shape index (κ2) is 7.92. The van der Waals surface area contributed by atoms with Gasteiger partial charge in [0.05, 0.1) is 17.6 Å². The predicted molar refractivity (Wildman–Crippen MR) is 94.7 cm³/mol. The number of methoxy groups -OCH3 is 1. The van der Waals surface area contributed by atoms with Gasteiger partial charge in [0.1, 0.15) is 19.0 Å². The highest BCUT2D eigenvalue weighted by atomic mass is 16.5. The van der Waals surface area contributed by atoms with E-state index in [9.17, 15) is 9.90 Å². The summed E-state index contributed by atoms with van der Waals surface area (Å²) in [4.78, 5) is 16.7. The molecule has 0 saturated heterocycles. The minimum absolute atomic E-state index is 0.114. The largest absolute Gasteiger partial charge is 0.388 e. The van der Waals surface area contributed by atoms with Crippen LogP contribution in [0, 0.1) is 0 Å². The molecule has 3 rings (SSSR count). The second-order valence-electron chi connectivity index (χ2n) is 5.74. The second-order valence-corrected chi connectivity index (χ2v) is 5.74. The molecule has 6 nitrogen and oxygen atoms in total. The molecule has 0 aliphatic carbocycles. The van der Waals surface area contributed by atoms with Gasteiger partial charge in [-0.2, -0.15) is 0 Å². The fraction of sp³-hybridized carbons (Fsp3) is 0.263. The molecule has 0 spiro atoms. The average molecular weight is 339 g/mol. The number of fused-ring (bicyclic) bond motifs is 1. The maximum absolute atomic E-state index is 12.4. The van der Waals surface area contributed by atoms with Gasteiger partial charge in [-0.25, -0.2) is 4.98 Å². The summed E-state index contributed by atoms with van der Waals surface area (Å²) in [6.07, 6.45) is 0. The zero-order valence-corrected chi connectivity index (χ0v) is 14.1. The molecule has 2 aromatic carbocycles. The van der Waals surface area contributed by atoms with Crippen LogP contribution in [0.2, 0.25) is 0 Å². The number of amides is 1. The van der Waals surface area contributed by atoms with E-state index in [1.807, 2.05) is 48.5 Å². The molecule has 0 radical (unpaired) electrons. The van der Waals surface area contributed by atoms with E-state index >= 15 is 0 Å². The molecule has 0 bridgehead atoms. The molecule has 3 aromatic rings. The molecule has 6 heteroatoms. The van der Waals surface area contributed by atoms with Crippen LogP contribution in [0.3, 0.4) is 0 Å². The first-order valence-electron chi connectivity index (χ1n) is 8.10. The number of para-hydroxylation sites is 2. The molecule has 0 aliphatic heterocycles. The van der Waals surface area contributed by atoms with Crippen LogP contribution < -0.4 is 5.32 Å². The summed E-state index contributed by atoms with van der Waals surface area (Å²) < 4.78 is 6.93. The van der Waals surface area contributed by atoms with E-state index in [4.69, 9.17) is 4.74 Å². The number of rotatable bonds is 7. The summed E-state index contributed by atoms with van der Waals surface area (Å²) in [7, 11) is 1.65. The Bertz CT molecular complexity index is 873. The highest BCUT2D eigenvalue weighted by molar-refractivity contribution is 5.81. The number of benzene rings is 2. The maximum atomic E-state index is 12.4. The number of imidazole rings is 1. The lowest BCUT2D eigenvalue weighted by Crippen LogP contribution is -2.28. The Morgan fingerprint density at radius 3 is 2.64 bits per heavy atom. The van der Waals surface area contributed by atoms with Gasteiger partial charge in [-0.15, -0.1) is 0 Å². The van der Waals surface area contributed by atoms with Crippen molar-refractivity contribution in [2.24, 2.45) is 0 Å². The van der Waals surface area contributed by atoms with Crippen molar-refractivity contribution >= 4 is 16.9 Å². The van der Waals surface area contributed by atoms with Crippen molar-refractivity contribution in [3.63, 3.8) is 0 Å². The molecule has 1 amide bonds. The average Bonchev–Trinajstić information content (AvgIpc) is 2.99. The molecule has 0 unspecified atom stereocenters. The zero-order valence-electron chi connectivity index (χ0n) is 14.1. The van der Waals surface area contributed by atoms with Crippen LogP contribution >= 0.6 is 0 Å². The summed E-state index contributed by atoms with van der Waals surface area (Å²) in [5.41, 5.74) is 3.68. The third-order valence-electron chi connectivity index (χ3n) is 4.07. The van der Waals surface area contributed by atoms with Crippen LogP contribution in [0.1, 0.15) is 17.0 Å². The molecule has 130 valence electrons. The number of carbonyl (C=O) groups is 1. The topological polar surface area (TPSA) is 76.4 Å². The van der Waals surface area contributed by atoms with E-state index in [1.165, 1.54) is 0 Å². The van der Waals surface area contributed by atoms with E-state index in [-0.39, 0.29) is 19.1 Å². The van der Waals surface area contributed by atoms with Crippen molar-refractivity contribution in [1.29, 1.82) is 0 Å². The van der Waals surface area contributed by atoms with Crippen LogP contribution in [-0.4, -0.2) is 27.7 Å². The predicted octanol–water partition coefficient (Wildman–Crippen LogP) is 1.99. The number of aromatic nitrogens is 2. The normalized spacial score (nSPS) is 11.0. The van der Waals surface area contributed by atoms with Gasteiger partial charge >= 0.3 is 0 Å². The molecular formula is C19H21N3O3. The number of hydrogen-bond donors (Lipinski definition) is 2. The van der Waals surface area contributed by atoms with Crippen molar-refractivity contribution in [1.82, 2.24) is 14.9 Å². The number of carbonyl (C=O) groups excluding carboxylic acids is 1. The van der Waals surface area contributed by atoms with Crippen molar-refractivity contribution in [3.8, 4) is 0 Å². The Morgan fingerprint density at radius 2 is 1.88 bits per heavy atom. The molecule has 2 N–H and O–H groups in total. The van der Waals surface area contributed by atoms with Crippen molar-refractivity contribution < 1.29 is 14.6 Å².